The highest BCUT2D eigenvalue weighted by Gasteiger charge is 2.39. The fourth-order valence-electron chi connectivity index (χ4n) is 1.08. The van der Waals surface area contributed by atoms with Crippen LogP contribution in [0.25, 0.3) is 0 Å². The average molecular weight is 193 g/mol. The van der Waals surface area contributed by atoms with Crippen molar-refractivity contribution in [1.82, 2.24) is 9.88 Å². The van der Waals surface area contributed by atoms with Crippen molar-refractivity contribution in [2.45, 2.75) is 13.0 Å². The van der Waals surface area contributed by atoms with Crippen LogP contribution in [0.4, 0.5) is 0 Å². The zero-order valence-electron chi connectivity index (χ0n) is 7.02. The molecule has 0 aromatic carbocycles. The Morgan fingerprint density at radius 2 is 2.69 bits per heavy atom. The largest absolute Gasteiger partial charge is 0.317 e. The number of carbonyl (C=O) groups is 1. The van der Waals surface area contributed by atoms with E-state index in [1.165, 1.54) is 16.2 Å². The maximum atomic E-state index is 11.5. The first-order valence-electron chi connectivity index (χ1n) is 3.85. The topological polar surface area (TPSA) is 56.8 Å². The Balaban J connectivity index is 2.12. The molecule has 1 unspecified atom stereocenters. The molecule has 0 bridgehead atoms. The van der Waals surface area contributed by atoms with Gasteiger partial charge in [-0.25, -0.2) is 4.98 Å². The number of nitriles is 1. The minimum Gasteiger partial charge on any atom is -0.317 e. The molecular formula is C8H7N3OS. The summed E-state index contributed by atoms with van der Waals surface area (Å²) in [6, 6.07) is 1.82. The molecule has 2 rings (SSSR count). The molecule has 0 spiro atoms. The summed E-state index contributed by atoms with van der Waals surface area (Å²) in [7, 11) is 0. The van der Waals surface area contributed by atoms with Crippen molar-refractivity contribution < 1.29 is 4.79 Å². The van der Waals surface area contributed by atoms with Crippen molar-refractivity contribution in [2.75, 3.05) is 6.54 Å². The summed E-state index contributed by atoms with van der Waals surface area (Å²) >= 11 is 1.36. The molecule has 66 valence electrons. The van der Waals surface area contributed by atoms with Gasteiger partial charge in [-0.15, -0.1) is 11.3 Å². The molecule has 1 aliphatic rings. The molecule has 1 saturated heterocycles. The number of aryl methyl sites for hydroxylation is 1. The standard InChI is InChI=1S/C8H7N3OS/c1-5-10-3-7(13-5)8(12)11-4-6(11)2-9/h3,6H,4H2,1H3. The van der Waals surface area contributed by atoms with E-state index in [2.05, 4.69) is 4.98 Å². The van der Waals surface area contributed by atoms with Crippen molar-refractivity contribution in [3.05, 3.63) is 16.1 Å². The minimum atomic E-state index is -0.213. The Morgan fingerprint density at radius 1 is 1.92 bits per heavy atom. The van der Waals surface area contributed by atoms with E-state index >= 15 is 0 Å². The van der Waals surface area contributed by atoms with Gasteiger partial charge in [0.2, 0.25) is 0 Å². The highest BCUT2D eigenvalue weighted by Crippen LogP contribution is 2.22. The van der Waals surface area contributed by atoms with Gasteiger partial charge in [0, 0.05) is 0 Å². The van der Waals surface area contributed by atoms with Crippen LogP contribution in [0.15, 0.2) is 6.20 Å². The van der Waals surface area contributed by atoms with E-state index in [0.29, 0.717) is 11.4 Å². The van der Waals surface area contributed by atoms with Crippen molar-refractivity contribution in [3.8, 4) is 6.07 Å². The molecule has 1 fully saturated rings. The Morgan fingerprint density at radius 3 is 3.15 bits per heavy atom. The van der Waals surface area contributed by atoms with Crippen LogP contribution in [-0.2, 0) is 0 Å². The molecule has 1 aliphatic heterocycles. The summed E-state index contributed by atoms with van der Waals surface area (Å²) in [5, 5.41) is 9.40. The Hall–Kier alpha value is -1.41. The molecule has 1 atom stereocenters. The Bertz CT molecular complexity index is 392. The van der Waals surface area contributed by atoms with Gasteiger partial charge in [0.15, 0.2) is 0 Å². The number of nitrogens with zero attached hydrogens (tertiary/aromatic N) is 3. The van der Waals surface area contributed by atoms with Crippen LogP contribution >= 0.6 is 11.3 Å². The number of hydrogen-bond donors (Lipinski definition) is 0. The summed E-state index contributed by atoms with van der Waals surface area (Å²) in [5.74, 6) is -0.0721. The number of amides is 1. The zero-order chi connectivity index (χ0) is 9.42. The van der Waals surface area contributed by atoms with E-state index < -0.39 is 0 Å². The van der Waals surface area contributed by atoms with Crippen LogP contribution in [-0.4, -0.2) is 28.4 Å². The second-order valence-electron chi connectivity index (χ2n) is 2.85. The lowest BCUT2D eigenvalue weighted by atomic mass is 10.5. The summed E-state index contributed by atoms with van der Waals surface area (Å²) in [4.78, 5) is 17.7. The maximum absolute atomic E-state index is 11.5. The van der Waals surface area contributed by atoms with Crippen LogP contribution < -0.4 is 0 Å². The molecule has 13 heavy (non-hydrogen) atoms. The lowest BCUT2D eigenvalue weighted by molar-refractivity contribution is 0.0884. The van der Waals surface area contributed by atoms with Crippen LogP contribution in [0.5, 0.6) is 0 Å². The lowest BCUT2D eigenvalue weighted by Crippen LogP contribution is -2.11. The Labute approximate surface area is 79.4 Å². The van der Waals surface area contributed by atoms with Crippen LogP contribution in [0.3, 0.4) is 0 Å². The van der Waals surface area contributed by atoms with Crippen molar-refractivity contribution in [2.24, 2.45) is 0 Å². The lowest BCUT2D eigenvalue weighted by Gasteiger charge is -1.95. The van der Waals surface area contributed by atoms with Crippen LogP contribution in [0.1, 0.15) is 14.7 Å². The summed E-state index contributed by atoms with van der Waals surface area (Å²) in [6.45, 7) is 2.41. The predicted molar refractivity (Wildman–Crippen MR) is 47.3 cm³/mol. The first kappa shape index (κ1) is 8.20. The molecule has 4 nitrogen and oxygen atoms in total. The van der Waals surface area contributed by atoms with Gasteiger partial charge in [-0.3, -0.25) is 4.79 Å². The highest BCUT2D eigenvalue weighted by molar-refractivity contribution is 7.13. The number of thiazole rings is 1. The first-order valence-corrected chi connectivity index (χ1v) is 4.67. The van der Waals surface area contributed by atoms with Gasteiger partial charge >= 0.3 is 0 Å². The van der Waals surface area contributed by atoms with Gasteiger partial charge < -0.3 is 4.90 Å². The monoisotopic (exact) mass is 193 g/mol. The number of rotatable bonds is 1. The van der Waals surface area contributed by atoms with E-state index in [1.807, 2.05) is 13.0 Å². The van der Waals surface area contributed by atoms with Crippen molar-refractivity contribution >= 4 is 17.2 Å². The van der Waals surface area contributed by atoms with E-state index in [4.69, 9.17) is 5.26 Å². The normalized spacial score (nSPS) is 19.7. The highest BCUT2D eigenvalue weighted by atomic mass is 32.1. The summed E-state index contributed by atoms with van der Waals surface area (Å²) in [5.41, 5.74) is 0. The number of hydrogen-bond acceptors (Lipinski definition) is 4. The van der Waals surface area contributed by atoms with Gasteiger partial charge in [0.1, 0.15) is 10.9 Å². The molecule has 0 aliphatic carbocycles. The third-order valence-electron chi connectivity index (χ3n) is 1.85. The summed E-state index contributed by atoms with van der Waals surface area (Å²) in [6.07, 6.45) is 1.56. The molecule has 1 aromatic heterocycles. The third-order valence-corrected chi connectivity index (χ3v) is 2.75. The molecule has 0 N–H and O–H groups in total. The van der Waals surface area contributed by atoms with Gasteiger partial charge in [-0.2, -0.15) is 5.26 Å². The molecule has 0 radical (unpaired) electrons. The predicted octanol–water partition coefficient (Wildman–Crippen LogP) is 0.799. The second kappa shape index (κ2) is 2.82. The molecule has 1 aromatic rings. The zero-order valence-corrected chi connectivity index (χ0v) is 7.84. The quantitative estimate of drug-likeness (QED) is 0.620. The number of aromatic nitrogens is 1. The molecule has 0 saturated carbocycles. The fourth-order valence-corrected chi connectivity index (χ4v) is 1.81. The van der Waals surface area contributed by atoms with Gasteiger partial charge in [-0.1, -0.05) is 0 Å². The van der Waals surface area contributed by atoms with Gasteiger partial charge in [0.05, 0.1) is 23.8 Å². The average Bonchev–Trinajstić information content (AvgIpc) is 2.80. The molecule has 1 amide bonds. The fraction of sp³-hybridized carbons (Fsp3) is 0.375. The number of carbonyl (C=O) groups excluding carboxylic acids is 1. The van der Waals surface area contributed by atoms with Gasteiger partial charge in [-0.05, 0) is 6.92 Å². The van der Waals surface area contributed by atoms with Gasteiger partial charge in [0.25, 0.3) is 5.91 Å². The van der Waals surface area contributed by atoms with E-state index in [-0.39, 0.29) is 11.9 Å². The van der Waals surface area contributed by atoms with Crippen molar-refractivity contribution in [3.63, 3.8) is 0 Å². The maximum Gasteiger partial charge on any atom is 0.266 e. The molecular weight excluding hydrogens is 186 g/mol. The van der Waals surface area contributed by atoms with E-state index in [1.54, 1.807) is 6.20 Å². The first-order chi connectivity index (χ1) is 6.22. The minimum absolute atomic E-state index is 0.0721. The Kier molecular flexibility index (Phi) is 1.78. The van der Waals surface area contributed by atoms with E-state index in [0.717, 1.165) is 5.01 Å². The molecule has 2 heterocycles. The van der Waals surface area contributed by atoms with E-state index in [9.17, 15) is 4.79 Å². The second-order valence-corrected chi connectivity index (χ2v) is 4.08. The smallest absolute Gasteiger partial charge is 0.266 e. The summed E-state index contributed by atoms with van der Waals surface area (Å²) < 4.78 is 0. The van der Waals surface area contributed by atoms with Crippen LogP contribution in [0, 0.1) is 18.3 Å². The van der Waals surface area contributed by atoms with Crippen LogP contribution in [0.2, 0.25) is 0 Å². The molecule has 5 heteroatoms. The van der Waals surface area contributed by atoms with Crippen molar-refractivity contribution in [1.29, 1.82) is 5.26 Å². The third kappa shape index (κ3) is 1.40. The SMILES string of the molecule is Cc1ncc(C(=O)N2CC2C#N)s1.